The molecule has 0 aromatic carbocycles. The highest BCUT2D eigenvalue weighted by Crippen LogP contribution is 2.24. The number of anilines is 1. The lowest BCUT2D eigenvalue weighted by atomic mass is 10.2. The Morgan fingerprint density at radius 2 is 2.36 bits per heavy atom. The van der Waals surface area contributed by atoms with E-state index < -0.39 is 0 Å². The van der Waals surface area contributed by atoms with Crippen LogP contribution in [0.1, 0.15) is 13.8 Å². The van der Waals surface area contributed by atoms with Crippen LogP contribution in [0.2, 0.25) is 0 Å². The van der Waals surface area contributed by atoms with Crippen LogP contribution in [-0.4, -0.2) is 58.5 Å². The Morgan fingerprint density at radius 3 is 3.14 bits per heavy atom. The molecule has 2 aromatic rings. The van der Waals surface area contributed by atoms with Gasteiger partial charge in [0.2, 0.25) is 5.13 Å². The summed E-state index contributed by atoms with van der Waals surface area (Å²) in [5, 5.41) is 13.5. The molecular weight excluding hydrogens is 298 g/mol. The van der Waals surface area contributed by atoms with Crippen molar-refractivity contribution in [2.45, 2.75) is 25.9 Å². The first-order valence-corrected chi connectivity index (χ1v) is 8.38. The SMILES string of the molecule is CC(CNc1nnc(-c2ccccn2)s1)N1CCOCC1C. The summed E-state index contributed by atoms with van der Waals surface area (Å²) in [7, 11) is 0. The van der Waals surface area contributed by atoms with Gasteiger partial charge in [-0.3, -0.25) is 9.88 Å². The highest BCUT2D eigenvalue weighted by molar-refractivity contribution is 7.18. The molecule has 2 aromatic heterocycles. The summed E-state index contributed by atoms with van der Waals surface area (Å²) in [5.74, 6) is 0. The Kier molecular flexibility index (Phi) is 4.97. The standard InChI is InChI=1S/C15H21N5OS/c1-11(20-7-8-21-10-12(20)2)9-17-15-19-18-14(22-15)13-5-3-4-6-16-13/h3-6,11-12H,7-10H2,1-2H3,(H,17,19). The lowest BCUT2D eigenvalue weighted by Crippen LogP contribution is -2.50. The second-order valence-electron chi connectivity index (χ2n) is 5.52. The van der Waals surface area contributed by atoms with Crippen molar-refractivity contribution in [3.05, 3.63) is 24.4 Å². The molecule has 3 rings (SSSR count). The van der Waals surface area contributed by atoms with Crippen molar-refractivity contribution in [3.8, 4) is 10.7 Å². The van der Waals surface area contributed by atoms with Crippen LogP contribution in [-0.2, 0) is 4.74 Å². The number of nitrogens with one attached hydrogen (secondary N) is 1. The zero-order chi connectivity index (χ0) is 15.4. The summed E-state index contributed by atoms with van der Waals surface area (Å²) in [5.41, 5.74) is 0.864. The molecule has 1 fully saturated rings. The summed E-state index contributed by atoms with van der Waals surface area (Å²) in [6, 6.07) is 6.70. The minimum atomic E-state index is 0.432. The van der Waals surface area contributed by atoms with Gasteiger partial charge in [-0.2, -0.15) is 0 Å². The molecule has 1 N–H and O–H groups in total. The summed E-state index contributed by atoms with van der Waals surface area (Å²) < 4.78 is 5.49. The highest BCUT2D eigenvalue weighted by Gasteiger charge is 2.23. The minimum Gasteiger partial charge on any atom is -0.379 e. The van der Waals surface area contributed by atoms with E-state index in [9.17, 15) is 0 Å². The molecule has 2 unspecified atom stereocenters. The van der Waals surface area contributed by atoms with Crippen LogP contribution < -0.4 is 5.32 Å². The maximum atomic E-state index is 5.49. The average molecular weight is 319 g/mol. The maximum absolute atomic E-state index is 5.49. The van der Waals surface area contributed by atoms with Crippen molar-refractivity contribution < 1.29 is 4.74 Å². The van der Waals surface area contributed by atoms with Crippen molar-refractivity contribution >= 4 is 16.5 Å². The number of nitrogens with zero attached hydrogens (tertiary/aromatic N) is 4. The summed E-state index contributed by atoms with van der Waals surface area (Å²) in [6.07, 6.45) is 1.77. The van der Waals surface area contributed by atoms with E-state index in [-0.39, 0.29) is 0 Å². The monoisotopic (exact) mass is 319 g/mol. The van der Waals surface area contributed by atoms with Gasteiger partial charge in [-0.05, 0) is 26.0 Å². The van der Waals surface area contributed by atoms with Gasteiger partial charge in [0, 0.05) is 31.4 Å². The normalized spacial score (nSPS) is 20.7. The van der Waals surface area contributed by atoms with Crippen LogP contribution in [0, 0.1) is 0 Å². The van der Waals surface area contributed by atoms with Gasteiger partial charge in [-0.1, -0.05) is 17.4 Å². The third-order valence-electron chi connectivity index (χ3n) is 3.84. The van der Waals surface area contributed by atoms with Gasteiger partial charge in [0.05, 0.1) is 13.2 Å². The van der Waals surface area contributed by atoms with E-state index >= 15 is 0 Å². The van der Waals surface area contributed by atoms with Crippen molar-refractivity contribution in [2.75, 3.05) is 31.6 Å². The lowest BCUT2D eigenvalue weighted by molar-refractivity contribution is -0.0159. The minimum absolute atomic E-state index is 0.432. The first kappa shape index (κ1) is 15.3. The fourth-order valence-electron chi connectivity index (χ4n) is 2.63. The van der Waals surface area contributed by atoms with E-state index in [1.54, 1.807) is 6.20 Å². The topological polar surface area (TPSA) is 63.2 Å². The van der Waals surface area contributed by atoms with Crippen LogP contribution in [0.25, 0.3) is 10.7 Å². The molecule has 0 aliphatic carbocycles. The number of hydrogen-bond donors (Lipinski definition) is 1. The Hall–Kier alpha value is -1.57. The van der Waals surface area contributed by atoms with Gasteiger partial charge in [0.15, 0.2) is 5.01 Å². The smallest absolute Gasteiger partial charge is 0.206 e. The van der Waals surface area contributed by atoms with Crippen LogP contribution >= 0.6 is 11.3 Å². The molecule has 118 valence electrons. The van der Waals surface area contributed by atoms with E-state index in [0.29, 0.717) is 12.1 Å². The predicted octanol–water partition coefficient (Wildman–Crippen LogP) is 2.12. The Labute approximate surface area is 134 Å². The zero-order valence-electron chi connectivity index (χ0n) is 12.9. The molecule has 3 heterocycles. The second kappa shape index (κ2) is 7.13. The molecular formula is C15H21N5OS. The van der Waals surface area contributed by atoms with Crippen molar-refractivity contribution in [2.24, 2.45) is 0 Å². The van der Waals surface area contributed by atoms with Crippen LogP contribution in [0.15, 0.2) is 24.4 Å². The van der Waals surface area contributed by atoms with Crippen LogP contribution in [0.3, 0.4) is 0 Å². The van der Waals surface area contributed by atoms with E-state index in [1.807, 2.05) is 18.2 Å². The summed E-state index contributed by atoms with van der Waals surface area (Å²) >= 11 is 1.54. The average Bonchev–Trinajstić information content (AvgIpc) is 3.03. The Morgan fingerprint density at radius 1 is 1.45 bits per heavy atom. The first-order valence-electron chi connectivity index (χ1n) is 7.56. The van der Waals surface area contributed by atoms with E-state index in [2.05, 4.69) is 39.2 Å². The summed E-state index contributed by atoms with van der Waals surface area (Å²) in [4.78, 5) is 6.77. The number of rotatable bonds is 5. The molecule has 0 radical (unpaired) electrons. The molecule has 6 nitrogen and oxygen atoms in total. The van der Waals surface area contributed by atoms with Gasteiger partial charge in [-0.15, -0.1) is 10.2 Å². The molecule has 1 aliphatic heterocycles. The number of morpholine rings is 1. The van der Waals surface area contributed by atoms with Crippen molar-refractivity contribution in [1.29, 1.82) is 0 Å². The molecule has 7 heteroatoms. The number of pyridine rings is 1. The molecule has 0 spiro atoms. The van der Waals surface area contributed by atoms with E-state index in [1.165, 1.54) is 11.3 Å². The molecule has 0 bridgehead atoms. The van der Waals surface area contributed by atoms with Gasteiger partial charge in [0.25, 0.3) is 0 Å². The van der Waals surface area contributed by atoms with Gasteiger partial charge < -0.3 is 10.1 Å². The molecule has 1 aliphatic rings. The number of ether oxygens (including phenoxy) is 1. The predicted molar refractivity (Wildman–Crippen MR) is 88.1 cm³/mol. The van der Waals surface area contributed by atoms with Crippen LogP contribution in [0.5, 0.6) is 0 Å². The molecule has 0 saturated carbocycles. The third kappa shape index (κ3) is 3.60. The molecule has 0 amide bonds. The Bertz CT molecular complexity index is 591. The second-order valence-corrected chi connectivity index (χ2v) is 6.50. The maximum Gasteiger partial charge on any atom is 0.206 e. The lowest BCUT2D eigenvalue weighted by Gasteiger charge is -2.37. The zero-order valence-corrected chi connectivity index (χ0v) is 13.7. The summed E-state index contributed by atoms with van der Waals surface area (Å²) in [6.45, 7) is 7.90. The largest absolute Gasteiger partial charge is 0.379 e. The Balaban J connectivity index is 1.57. The van der Waals surface area contributed by atoms with Crippen molar-refractivity contribution in [1.82, 2.24) is 20.1 Å². The highest BCUT2D eigenvalue weighted by atomic mass is 32.1. The van der Waals surface area contributed by atoms with Crippen LogP contribution in [0.4, 0.5) is 5.13 Å². The molecule has 22 heavy (non-hydrogen) atoms. The fourth-order valence-corrected chi connectivity index (χ4v) is 3.36. The van der Waals surface area contributed by atoms with E-state index in [4.69, 9.17) is 4.74 Å². The van der Waals surface area contributed by atoms with Gasteiger partial charge in [-0.25, -0.2) is 0 Å². The number of aromatic nitrogens is 3. The van der Waals surface area contributed by atoms with Gasteiger partial charge >= 0.3 is 0 Å². The number of hydrogen-bond acceptors (Lipinski definition) is 7. The third-order valence-corrected chi connectivity index (χ3v) is 4.75. The molecule has 1 saturated heterocycles. The molecule has 2 atom stereocenters. The quantitative estimate of drug-likeness (QED) is 0.911. The fraction of sp³-hybridized carbons (Fsp3) is 0.533. The first-order chi connectivity index (χ1) is 10.7. The van der Waals surface area contributed by atoms with Gasteiger partial charge in [0.1, 0.15) is 5.69 Å². The van der Waals surface area contributed by atoms with Crippen molar-refractivity contribution in [3.63, 3.8) is 0 Å². The van der Waals surface area contributed by atoms with E-state index in [0.717, 1.165) is 42.1 Å².